The van der Waals surface area contributed by atoms with Crippen molar-refractivity contribution in [2.45, 2.75) is 38.3 Å². The molecule has 1 saturated heterocycles. The Labute approximate surface area is 123 Å². The summed E-state index contributed by atoms with van der Waals surface area (Å²) in [6, 6.07) is 4.62. The van der Waals surface area contributed by atoms with Crippen molar-refractivity contribution in [3.05, 3.63) is 29.5 Å². The first-order valence-corrected chi connectivity index (χ1v) is 8.08. The maximum absolute atomic E-state index is 8.97. The number of thiophene rings is 1. The fourth-order valence-electron chi connectivity index (χ4n) is 2.86. The second kappa shape index (κ2) is 6.52. The van der Waals surface area contributed by atoms with Crippen molar-refractivity contribution in [1.29, 1.82) is 0 Å². The molecule has 3 rings (SSSR count). The molecule has 0 bridgehead atoms. The predicted octanol–water partition coefficient (Wildman–Crippen LogP) is 3.14. The fraction of sp³-hybridized carbons (Fsp3) is 0.533. The Morgan fingerprint density at radius 3 is 3.25 bits per heavy atom. The van der Waals surface area contributed by atoms with Crippen LogP contribution >= 0.6 is 11.3 Å². The Bertz CT molecular complexity index is 524. The lowest BCUT2D eigenvalue weighted by atomic mass is 10.1. The highest BCUT2D eigenvalue weighted by molar-refractivity contribution is 7.13. The Morgan fingerprint density at radius 1 is 1.50 bits per heavy atom. The van der Waals surface area contributed by atoms with Gasteiger partial charge in [-0.25, -0.2) is 4.98 Å². The number of hydrogen-bond donors (Lipinski definition) is 1. The normalized spacial score (nSPS) is 19.8. The minimum atomic E-state index is 0.289. The highest BCUT2D eigenvalue weighted by Crippen LogP contribution is 2.26. The zero-order chi connectivity index (χ0) is 13.8. The van der Waals surface area contributed by atoms with Gasteiger partial charge in [0.2, 0.25) is 5.89 Å². The van der Waals surface area contributed by atoms with E-state index in [0.29, 0.717) is 6.04 Å². The number of rotatable bonds is 6. The van der Waals surface area contributed by atoms with E-state index < -0.39 is 0 Å². The van der Waals surface area contributed by atoms with E-state index in [2.05, 4.69) is 9.88 Å². The first-order chi connectivity index (χ1) is 9.86. The molecule has 0 saturated carbocycles. The molecule has 3 heterocycles. The third kappa shape index (κ3) is 3.11. The van der Waals surface area contributed by atoms with Gasteiger partial charge in [-0.3, -0.25) is 4.90 Å². The molecule has 0 spiro atoms. The van der Waals surface area contributed by atoms with Crippen LogP contribution in [0.2, 0.25) is 0 Å². The average Bonchev–Trinajstić information content (AvgIpc) is 3.18. The third-order valence-corrected chi connectivity index (χ3v) is 4.70. The van der Waals surface area contributed by atoms with Crippen molar-refractivity contribution in [3.8, 4) is 10.8 Å². The standard InChI is InChI=1S/C15H20N2O2S/c18-8-2-5-13-4-1-7-17(13)10-12-11-19-15(16-12)14-6-3-9-20-14/h3,6,9,11,13,18H,1-2,4-5,7-8,10H2. The molecule has 0 radical (unpaired) electrons. The fourth-order valence-corrected chi connectivity index (χ4v) is 3.51. The smallest absolute Gasteiger partial charge is 0.236 e. The zero-order valence-corrected chi connectivity index (χ0v) is 12.3. The molecule has 20 heavy (non-hydrogen) atoms. The third-order valence-electron chi connectivity index (χ3n) is 3.84. The summed E-state index contributed by atoms with van der Waals surface area (Å²) in [5.74, 6) is 0.723. The number of aromatic nitrogens is 1. The average molecular weight is 292 g/mol. The number of oxazole rings is 1. The van der Waals surface area contributed by atoms with Gasteiger partial charge in [0.15, 0.2) is 0 Å². The molecule has 1 aliphatic heterocycles. The quantitative estimate of drug-likeness (QED) is 0.888. The molecule has 2 aromatic rings. The first kappa shape index (κ1) is 13.8. The van der Waals surface area contributed by atoms with Crippen LogP contribution in [0.25, 0.3) is 10.8 Å². The van der Waals surface area contributed by atoms with Gasteiger partial charge in [-0.05, 0) is 43.7 Å². The molecular weight excluding hydrogens is 272 g/mol. The molecule has 5 heteroatoms. The highest BCUT2D eigenvalue weighted by atomic mass is 32.1. The minimum absolute atomic E-state index is 0.289. The van der Waals surface area contributed by atoms with Gasteiger partial charge in [-0.1, -0.05) is 6.07 Å². The van der Waals surface area contributed by atoms with Crippen molar-refractivity contribution in [1.82, 2.24) is 9.88 Å². The summed E-state index contributed by atoms with van der Waals surface area (Å²) in [5, 5.41) is 11.0. The van der Waals surface area contributed by atoms with Crippen LogP contribution in [0, 0.1) is 0 Å². The van der Waals surface area contributed by atoms with Crippen LogP contribution in [-0.4, -0.2) is 34.2 Å². The van der Waals surface area contributed by atoms with Crippen molar-refractivity contribution in [3.63, 3.8) is 0 Å². The van der Waals surface area contributed by atoms with Gasteiger partial charge in [0.05, 0.1) is 10.6 Å². The molecular formula is C15H20N2O2S. The summed E-state index contributed by atoms with van der Waals surface area (Å²) < 4.78 is 5.57. The van der Waals surface area contributed by atoms with E-state index in [0.717, 1.165) is 42.4 Å². The first-order valence-electron chi connectivity index (χ1n) is 7.20. The van der Waals surface area contributed by atoms with Crippen LogP contribution in [0.1, 0.15) is 31.4 Å². The van der Waals surface area contributed by atoms with E-state index in [1.54, 1.807) is 17.6 Å². The van der Waals surface area contributed by atoms with E-state index in [4.69, 9.17) is 9.52 Å². The molecule has 0 aliphatic carbocycles. The summed E-state index contributed by atoms with van der Waals surface area (Å²) in [5.41, 5.74) is 1.00. The lowest BCUT2D eigenvalue weighted by Gasteiger charge is -2.22. The SMILES string of the molecule is OCCCC1CCCN1Cc1coc(-c2cccs2)n1. The topological polar surface area (TPSA) is 49.5 Å². The van der Waals surface area contributed by atoms with Crippen LogP contribution in [0.5, 0.6) is 0 Å². The molecule has 4 nitrogen and oxygen atoms in total. The number of aliphatic hydroxyl groups excluding tert-OH is 1. The molecule has 1 unspecified atom stereocenters. The van der Waals surface area contributed by atoms with E-state index in [1.807, 2.05) is 17.5 Å². The molecule has 1 aliphatic rings. The van der Waals surface area contributed by atoms with Crippen LogP contribution in [0.4, 0.5) is 0 Å². The highest BCUT2D eigenvalue weighted by Gasteiger charge is 2.24. The van der Waals surface area contributed by atoms with Gasteiger partial charge < -0.3 is 9.52 Å². The monoisotopic (exact) mass is 292 g/mol. The maximum atomic E-state index is 8.97. The Hall–Kier alpha value is -1.17. The Balaban J connectivity index is 1.62. The van der Waals surface area contributed by atoms with Crippen molar-refractivity contribution < 1.29 is 9.52 Å². The molecule has 1 N–H and O–H groups in total. The molecule has 1 atom stereocenters. The van der Waals surface area contributed by atoms with Crippen LogP contribution in [0.3, 0.4) is 0 Å². The lowest BCUT2D eigenvalue weighted by molar-refractivity contribution is 0.208. The summed E-state index contributed by atoms with van der Waals surface area (Å²) >= 11 is 1.65. The number of aliphatic hydroxyl groups is 1. The van der Waals surface area contributed by atoms with E-state index in [9.17, 15) is 0 Å². The van der Waals surface area contributed by atoms with Crippen molar-refractivity contribution in [2.75, 3.05) is 13.2 Å². The van der Waals surface area contributed by atoms with Crippen LogP contribution in [-0.2, 0) is 6.54 Å². The second-order valence-corrected chi connectivity index (χ2v) is 6.20. The molecule has 1 fully saturated rings. The zero-order valence-electron chi connectivity index (χ0n) is 11.5. The second-order valence-electron chi connectivity index (χ2n) is 5.25. The summed E-state index contributed by atoms with van der Waals surface area (Å²) in [6.07, 6.45) is 6.21. The summed E-state index contributed by atoms with van der Waals surface area (Å²) in [4.78, 5) is 8.13. The number of hydrogen-bond acceptors (Lipinski definition) is 5. The lowest BCUT2D eigenvalue weighted by Crippen LogP contribution is -2.29. The van der Waals surface area contributed by atoms with Gasteiger partial charge in [0.1, 0.15) is 6.26 Å². The molecule has 0 amide bonds. The van der Waals surface area contributed by atoms with E-state index in [-0.39, 0.29) is 6.61 Å². The van der Waals surface area contributed by atoms with Crippen LogP contribution < -0.4 is 0 Å². The molecule has 108 valence electrons. The van der Waals surface area contributed by atoms with Crippen molar-refractivity contribution >= 4 is 11.3 Å². The number of nitrogens with zero attached hydrogens (tertiary/aromatic N) is 2. The number of likely N-dealkylation sites (tertiary alicyclic amines) is 1. The van der Waals surface area contributed by atoms with E-state index in [1.165, 1.54) is 12.8 Å². The Morgan fingerprint density at radius 2 is 2.45 bits per heavy atom. The largest absolute Gasteiger partial charge is 0.444 e. The van der Waals surface area contributed by atoms with E-state index >= 15 is 0 Å². The summed E-state index contributed by atoms with van der Waals surface area (Å²) in [6.45, 7) is 2.26. The van der Waals surface area contributed by atoms with Crippen molar-refractivity contribution in [2.24, 2.45) is 0 Å². The predicted molar refractivity (Wildman–Crippen MR) is 79.6 cm³/mol. The maximum Gasteiger partial charge on any atom is 0.236 e. The van der Waals surface area contributed by atoms with Crippen LogP contribution in [0.15, 0.2) is 28.2 Å². The molecule has 0 aromatic carbocycles. The molecule has 2 aromatic heterocycles. The van der Waals surface area contributed by atoms with Gasteiger partial charge in [-0.15, -0.1) is 11.3 Å². The van der Waals surface area contributed by atoms with Gasteiger partial charge in [0, 0.05) is 19.2 Å². The minimum Gasteiger partial charge on any atom is -0.444 e. The summed E-state index contributed by atoms with van der Waals surface area (Å²) in [7, 11) is 0. The Kier molecular flexibility index (Phi) is 4.50. The van der Waals surface area contributed by atoms with Gasteiger partial charge in [0.25, 0.3) is 0 Å². The van der Waals surface area contributed by atoms with Gasteiger partial charge in [-0.2, -0.15) is 0 Å². The van der Waals surface area contributed by atoms with Gasteiger partial charge >= 0.3 is 0 Å².